The molecule has 1 aliphatic carbocycles. The van der Waals surface area contributed by atoms with Crippen molar-refractivity contribution in [3.8, 4) is 0 Å². The molecule has 1 fully saturated rings. The van der Waals surface area contributed by atoms with Crippen LogP contribution in [0.4, 0.5) is 4.39 Å². The Morgan fingerprint density at radius 2 is 2.05 bits per heavy atom. The van der Waals surface area contributed by atoms with Crippen LogP contribution >= 0.6 is 0 Å². The predicted molar refractivity (Wildman–Crippen MR) is 78.3 cm³/mol. The van der Waals surface area contributed by atoms with Crippen LogP contribution in [0.1, 0.15) is 43.7 Å². The Balaban J connectivity index is 2.19. The predicted octanol–water partition coefficient (Wildman–Crippen LogP) is 2.78. The molecule has 5 heteroatoms. The van der Waals surface area contributed by atoms with Crippen molar-refractivity contribution in [2.75, 3.05) is 0 Å². The summed E-state index contributed by atoms with van der Waals surface area (Å²) in [7, 11) is -3.19. The first-order chi connectivity index (χ1) is 9.42. The van der Waals surface area contributed by atoms with E-state index in [1.807, 2.05) is 0 Å². The minimum absolute atomic E-state index is 0.0306. The van der Waals surface area contributed by atoms with Crippen LogP contribution in [0.5, 0.6) is 0 Å². The molecule has 0 bridgehead atoms. The molecule has 0 amide bonds. The van der Waals surface area contributed by atoms with E-state index < -0.39 is 9.84 Å². The molecule has 0 aromatic heterocycles. The lowest BCUT2D eigenvalue weighted by Gasteiger charge is -2.26. The summed E-state index contributed by atoms with van der Waals surface area (Å²) in [5.74, 6) is 0.0561. The third-order valence-corrected chi connectivity index (χ3v) is 6.30. The molecule has 0 saturated heterocycles. The highest BCUT2D eigenvalue weighted by atomic mass is 32.2. The highest BCUT2D eigenvalue weighted by Gasteiger charge is 2.30. The molecule has 2 rings (SSSR count). The van der Waals surface area contributed by atoms with E-state index in [0.717, 1.165) is 25.7 Å². The third-order valence-electron chi connectivity index (χ3n) is 4.14. The maximum absolute atomic E-state index is 13.2. The van der Waals surface area contributed by atoms with Gasteiger partial charge in [0.15, 0.2) is 9.84 Å². The normalized spacial score (nSPS) is 23.8. The molecule has 1 aliphatic rings. The van der Waals surface area contributed by atoms with Gasteiger partial charge in [-0.3, -0.25) is 0 Å². The molecule has 2 unspecified atom stereocenters. The van der Waals surface area contributed by atoms with Crippen LogP contribution in [0.15, 0.2) is 18.2 Å². The zero-order valence-corrected chi connectivity index (χ0v) is 12.6. The molecule has 2 atom stereocenters. The summed E-state index contributed by atoms with van der Waals surface area (Å²) in [6.45, 7) is 2.26. The molecular weight excluding hydrogens is 277 g/mol. The minimum atomic E-state index is -3.19. The fourth-order valence-corrected chi connectivity index (χ4v) is 5.06. The van der Waals surface area contributed by atoms with Crippen LogP contribution in [0.25, 0.3) is 0 Å². The fraction of sp³-hybridized carbons (Fsp3) is 0.600. The molecule has 0 heterocycles. The molecule has 3 nitrogen and oxygen atoms in total. The maximum Gasteiger partial charge on any atom is 0.157 e. The molecule has 0 spiro atoms. The summed E-state index contributed by atoms with van der Waals surface area (Å²) >= 11 is 0. The van der Waals surface area contributed by atoms with Crippen LogP contribution in [0, 0.1) is 11.7 Å². The largest absolute Gasteiger partial charge is 0.326 e. The first-order valence-electron chi connectivity index (χ1n) is 7.11. The van der Waals surface area contributed by atoms with Crippen LogP contribution < -0.4 is 5.73 Å². The second-order valence-electron chi connectivity index (χ2n) is 5.82. The van der Waals surface area contributed by atoms with Gasteiger partial charge in [-0.05, 0) is 42.0 Å². The van der Waals surface area contributed by atoms with Crippen LogP contribution in [-0.4, -0.2) is 13.7 Å². The Kier molecular flexibility index (Phi) is 4.81. The Morgan fingerprint density at radius 1 is 1.30 bits per heavy atom. The Morgan fingerprint density at radius 3 is 2.70 bits per heavy atom. The second kappa shape index (κ2) is 6.22. The van der Waals surface area contributed by atoms with Crippen molar-refractivity contribution in [2.24, 2.45) is 11.7 Å². The van der Waals surface area contributed by atoms with E-state index in [4.69, 9.17) is 5.73 Å². The monoisotopic (exact) mass is 299 g/mol. The van der Waals surface area contributed by atoms with Crippen molar-refractivity contribution in [3.05, 3.63) is 35.1 Å². The zero-order chi connectivity index (χ0) is 14.8. The number of sulfone groups is 1. The highest BCUT2D eigenvalue weighted by molar-refractivity contribution is 7.91. The summed E-state index contributed by atoms with van der Waals surface area (Å²) in [6, 6.07) is 4.17. The molecule has 20 heavy (non-hydrogen) atoms. The van der Waals surface area contributed by atoms with Crippen molar-refractivity contribution in [1.29, 1.82) is 0 Å². The lowest BCUT2D eigenvalue weighted by Crippen LogP contribution is -2.28. The third kappa shape index (κ3) is 3.58. The number of hydrogen-bond donors (Lipinski definition) is 1. The topological polar surface area (TPSA) is 60.2 Å². The number of benzene rings is 1. The van der Waals surface area contributed by atoms with Crippen molar-refractivity contribution < 1.29 is 12.8 Å². The summed E-state index contributed by atoms with van der Waals surface area (Å²) in [6.07, 6.45) is 3.56. The average molecular weight is 299 g/mol. The van der Waals surface area contributed by atoms with Crippen molar-refractivity contribution in [3.63, 3.8) is 0 Å². The number of hydrogen-bond acceptors (Lipinski definition) is 3. The quantitative estimate of drug-likeness (QED) is 0.930. The maximum atomic E-state index is 13.2. The molecule has 112 valence electrons. The summed E-state index contributed by atoms with van der Waals surface area (Å²) in [5.41, 5.74) is 6.79. The van der Waals surface area contributed by atoms with Gasteiger partial charge in [0, 0.05) is 6.54 Å². The van der Waals surface area contributed by atoms with E-state index >= 15 is 0 Å². The van der Waals surface area contributed by atoms with E-state index in [0.29, 0.717) is 17.0 Å². The van der Waals surface area contributed by atoms with Crippen molar-refractivity contribution in [2.45, 2.75) is 50.2 Å². The van der Waals surface area contributed by atoms with E-state index in [1.165, 1.54) is 12.1 Å². The van der Waals surface area contributed by atoms with Gasteiger partial charge in [0.25, 0.3) is 0 Å². The Labute approximate surface area is 120 Å². The van der Waals surface area contributed by atoms with Crippen molar-refractivity contribution in [1.82, 2.24) is 0 Å². The smallest absolute Gasteiger partial charge is 0.157 e. The molecule has 1 aromatic rings. The minimum Gasteiger partial charge on any atom is -0.326 e. The van der Waals surface area contributed by atoms with Crippen molar-refractivity contribution >= 4 is 9.84 Å². The first kappa shape index (κ1) is 15.4. The van der Waals surface area contributed by atoms with Gasteiger partial charge < -0.3 is 5.73 Å². The molecule has 1 aromatic carbocycles. The van der Waals surface area contributed by atoms with Gasteiger partial charge in [-0.25, -0.2) is 12.8 Å². The van der Waals surface area contributed by atoms with Gasteiger partial charge in [0.05, 0.1) is 11.0 Å². The lowest BCUT2D eigenvalue weighted by atomic mass is 9.91. The van der Waals surface area contributed by atoms with E-state index in [1.54, 1.807) is 6.07 Å². The molecule has 1 saturated carbocycles. The fourth-order valence-electron chi connectivity index (χ4n) is 2.96. The molecule has 0 radical (unpaired) electrons. The second-order valence-corrected chi connectivity index (χ2v) is 8.10. The summed E-state index contributed by atoms with van der Waals surface area (Å²) < 4.78 is 38.2. The highest BCUT2D eigenvalue weighted by Crippen LogP contribution is 2.30. The molecule has 2 N–H and O–H groups in total. The Bertz CT molecular complexity index is 571. The summed E-state index contributed by atoms with van der Waals surface area (Å²) in [5, 5.41) is -0.262. The van der Waals surface area contributed by atoms with E-state index in [-0.39, 0.29) is 23.4 Å². The van der Waals surface area contributed by atoms with Gasteiger partial charge in [0.2, 0.25) is 0 Å². The molecule has 0 aliphatic heterocycles. The SMILES string of the molecule is CC1CCCC(S(=O)(=O)Cc2ccc(F)cc2CN)C1. The lowest BCUT2D eigenvalue weighted by molar-refractivity contribution is 0.381. The standard InChI is InChI=1S/C15H22FNO2S/c1-11-3-2-4-15(7-11)20(18,19)10-12-5-6-14(16)8-13(12)9-17/h5-6,8,11,15H,2-4,7,9-10,17H2,1H3. The first-order valence-corrected chi connectivity index (χ1v) is 8.83. The van der Waals surface area contributed by atoms with Gasteiger partial charge >= 0.3 is 0 Å². The van der Waals surface area contributed by atoms with Gasteiger partial charge in [0.1, 0.15) is 5.82 Å². The van der Waals surface area contributed by atoms with Gasteiger partial charge in [-0.1, -0.05) is 25.8 Å². The van der Waals surface area contributed by atoms with Crippen LogP contribution in [-0.2, 0) is 22.1 Å². The van der Waals surface area contributed by atoms with Gasteiger partial charge in [-0.15, -0.1) is 0 Å². The van der Waals surface area contributed by atoms with Gasteiger partial charge in [-0.2, -0.15) is 0 Å². The Hall–Kier alpha value is -0.940. The zero-order valence-electron chi connectivity index (χ0n) is 11.8. The number of rotatable bonds is 4. The molecular formula is C15H22FNO2S. The summed E-state index contributed by atoms with van der Waals surface area (Å²) in [4.78, 5) is 0. The van der Waals surface area contributed by atoms with Crippen LogP contribution in [0.2, 0.25) is 0 Å². The number of halogens is 1. The van der Waals surface area contributed by atoms with E-state index in [9.17, 15) is 12.8 Å². The number of nitrogens with two attached hydrogens (primary N) is 1. The van der Waals surface area contributed by atoms with E-state index in [2.05, 4.69) is 6.92 Å². The average Bonchev–Trinajstić information content (AvgIpc) is 2.40. The van der Waals surface area contributed by atoms with Crippen LogP contribution in [0.3, 0.4) is 0 Å².